The summed E-state index contributed by atoms with van der Waals surface area (Å²) in [5.41, 5.74) is 0.377. The number of hydrogen-bond donors (Lipinski definition) is 2. The van der Waals surface area contributed by atoms with Crippen LogP contribution in [0.2, 0.25) is 0 Å². The molecule has 2 aliphatic carbocycles. The van der Waals surface area contributed by atoms with Crippen LogP contribution in [0.15, 0.2) is 0 Å². The van der Waals surface area contributed by atoms with E-state index in [4.69, 9.17) is 0 Å². The van der Waals surface area contributed by atoms with Crippen LogP contribution in [0.1, 0.15) is 38.5 Å². The molecule has 0 aromatic heterocycles. The van der Waals surface area contributed by atoms with Gasteiger partial charge in [-0.3, -0.25) is 0 Å². The van der Waals surface area contributed by atoms with Crippen molar-refractivity contribution in [1.29, 1.82) is 0 Å². The molecular formula is C12H24N2O. The van der Waals surface area contributed by atoms with Crippen molar-refractivity contribution in [3.8, 4) is 0 Å². The zero-order valence-corrected chi connectivity index (χ0v) is 10.00. The molecule has 2 atom stereocenters. The summed E-state index contributed by atoms with van der Waals surface area (Å²) in [5.74, 6) is 0. The lowest BCUT2D eigenvalue weighted by Crippen LogP contribution is -2.58. The Morgan fingerprint density at radius 3 is 2.40 bits per heavy atom. The van der Waals surface area contributed by atoms with Gasteiger partial charge in [-0.2, -0.15) is 0 Å². The highest BCUT2D eigenvalue weighted by Gasteiger charge is 2.39. The van der Waals surface area contributed by atoms with E-state index in [-0.39, 0.29) is 6.10 Å². The van der Waals surface area contributed by atoms with Gasteiger partial charge in [0.15, 0.2) is 0 Å². The van der Waals surface area contributed by atoms with Crippen LogP contribution in [0, 0.1) is 0 Å². The van der Waals surface area contributed by atoms with E-state index in [9.17, 15) is 5.11 Å². The molecule has 2 saturated carbocycles. The highest BCUT2D eigenvalue weighted by molar-refractivity contribution is 4.99. The van der Waals surface area contributed by atoms with Gasteiger partial charge in [0.2, 0.25) is 0 Å². The van der Waals surface area contributed by atoms with Gasteiger partial charge in [-0.15, -0.1) is 0 Å². The lowest BCUT2D eigenvalue weighted by molar-refractivity contribution is 0.0497. The van der Waals surface area contributed by atoms with E-state index >= 15 is 0 Å². The molecule has 3 heteroatoms. The molecule has 0 amide bonds. The lowest BCUT2D eigenvalue weighted by Gasteiger charge is -2.48. The fourth-order valence-corrected chi connectivity index (χ4v) is 2.87. The molecule has 0 spiro atoms. The van der Waals surface area contributed by atoms with E-state index in [1.54, 1.807) is 0 Å². The minimum absolute atomic E-state index is 0.107. The Bertz CT molecular complexity index is 214. The second kappa shape index (κ2) is 4.40. The van der Waals surface area contributed by atoms with Crippen molar-refractivity contribution in [1.82, 2.24) is 10.2 Å². The molecule has 0 unspecified atom stereocenters. The first-order valence-corrected chi connectivity index (χ1v) is 6.23. The van der Waals surface area contributed by atoms with E-state index in [1.807, 2.05) is 0 Å². The van der Waals surface area contributed by atoms with Gasteiger partial charge < -0.3 is 15.3 Å². The Balaban J connectivity index is 1.81. The van der Waals surface area contributed by atoms with E-state index in [0.29, 0.717) is 11.6 Å². The quantitative estimate of drug-likeness (QED) is 0.729. The van der Waals surface area contributed by atoms with Crippen molar-refractivity contribution in [3.63, 3.8) is 0 Å². The molecule has 2 fully saturated rings. The molecule has 3 nitrogen and oxygen atoms in total. The molecule has 88 valence electrons. The van der Waals surface area contributed by atoms with Gasteiger partial charge in [-0.25, -0.2) is 0 Å². The van der Waals surface area contributed by atoms with Crippen molar-refractivity contribution >= 4 is 0 Å². The second-order valence-electron chi connectivity index (χ2n) is 5.46. The third kappa shape index (κ3) is 2.19. The van der Waals surface area contributed by atoms with Gasteiger partial charge in [0.1, 0.15) is 0 Å². The Morgan fingerprint density at radius 1 is 1.27 bits per heavy atom. The van der Waals surface area contributed by atoms with Crippen LogP contribution in [-0.4, -0.2) is 48.3 Å². The van der Waals surface area contributed by atoms with Gasteiger partial charge in [-0.1, -0.05) is 0 Å². The zero-order chi connectivity index (χ0) is 10.9. The Hall–Kier alpha value is -0.120. The largest absolute Gasteiger partial charge is 0.392 e. The van der Waals surface area contributed by atoms with E-state index in [0.717, 1.165) is 19.4 Å². The Morgan fingerprint density at radius 2 is 2.00 bits per heavy atom. The number of aliphatic hydroxyl groups is 1. The summed E-state index contributed by atoms with van der Waals surface area (Å²) >= 11 is 0. The summed E-state index contributed by atoms with van der Waals surface area (Å²) in [5, 5.41) is 13.3. The summed E-state index contributed by atoms with van der Waals surface area (Å²) in [6.45, 7) is 1.04. The summed E-state index contributed by atoms with van der Waals surface area (Å²) in [6, 6.07) is 0.349. The number of nitrogens with one attached hydrogen (secondary N) is 1. The lowest BCUT2D eigenvalue weighted by atomic mass is 9.75. The van der Waals surface area contributed by atoms with Gasteiger partial charge in [-0.05, 0) is 52.6 Å². The first-order chi connectivity index (χ1) is 7.14. The van der Waals surface area contributed by atoms with E-state index in [2.05, 4.69) is 24.3 Å². The zero-order valence-electron chi connectivity index (χ0n) is 10.00. The molecule has 2 aliphatic rings. The van der Waals surface area contributed by atoms with Gasteiger partial charge in [0.05, 0.1) is 6.10 Å². The van der Waals surface area contributed by atoms with Crippen LogP contribution in [0.3, 0.4) is 0 Å². The predicted molar refractivity (Wildman–Crippen MR) is 61.9 cm³/mol. The van der Waals surface area contributed by atoms with Crippen LogP contribution in [0.5, 0.6) is 0 Å². The maximum absolute atomic E-state index is 9.74. The highest BCUT2D eigenvalue weighted by Crippen LogP contribution is 2.35. The fraction of sp³-hybridized carbons (Fsp3) is 1.00. The number of rotatable bonds is 4. The van der Waals surface area contributed by atoms with Crippen LogP contribution < -0.4 is 5.32 Å². The molecule has 2 rings (SSSR count). The van der Waals surface area contributed by atoms with E-state index < -0.39 is 0 Å². The third-order valence-corrected chi connectivity index (χ3v) is 4.41. The average Bonchev–Trinajstić information content (AvgIpc) is 2.49. The monoisotopic (exact) mass is 212 g/mol. The standard InChI is InChI=1S/C12H24N2O/c1-14(2)12(7-4-8-12)9-13-10-5-3-6-11(10)15/h10-11,13,15H,3-9H2,1-2H3/t10-,11-/m0/s1. The van der Waals surface area contributed by atoms with Crippen molar-refractivity contribution in [2.24, 2.45) is 0 Å². The number of likely N-dealkylation sites (N-methyl/N-ethyl adjacent to an activating group) is 1. The first-order valence-electron chi connectivity index (χ1n) is 6.23. The number of aliphatic hydroxyl groups excluding tert-OH is 1. The minimum atomic E-state index is -0.107. The number of hydrogen-bond acceptors (Lipinski definition) is 3. The molecular weight excluding hydrogens is 188 g/mol. The third-order valence-electron chi connectivity index (χ3n) is 4.41. The molecule has 0 aromatic carbocycles. The van der Waals surface area contributed by atoms with E-state index in [1.165, 1.54) is 25.7 Å². The minimum Gasteiger partial charge on any atom is -0.392 e. The molecule has 15 heavy (non-hydrogen) atoms. The van der Waals surface area contributed by atoms with Crippen molar-refractivity contribution in [3.05, 3.63) is 0 Å². The maximum Gasteiger partial charge on any atom is 0.0693 e. The topological polar surface area (TPSA) is 35.5 Å². The summed E-state index contributed by atoms with van der Waals surface area (Å²) in [4.78, 5) is 2.35. The fourth-order valence-electron chi connectivity index (χ4n) is 2.87. The molecule has 0 aliphatic heterocycles. The van der Waals surface area contributed by atoms with Crippen molar-refractivity contribution < 1.29 is 5.11 Å². The molecule has 0 radical (unpaired) electrons. The molecule has 0 saturated heterocycles. The van der Waals surface area contributed by atoms with Crippen molar-refractivity contribution in [2.75, 3.05) is 20.6 Å². The van der Waals surface area contributed by atoms with Crippen LogP contribution in [0.25, 0.3) is 0 Å². The summed E-state index contributed by atoms with van der Waals surface area (Å²) in [7, 11) is 4.35. The molecule has 0 heterocycles. The van der Waals surface area contributed by atoms with Gasteiger partial charge in [0, 0.05) is 18.1 Å². The molecule has 2 N–H and O–H groups in total. The Kier molecular flexibility index (Phi) is 3.33. The second-order valence-corrected chi connectivity index (χ2v) is 5.46. The SMILES string of the molecule is CN(C)C1(CN[C@H]2CCC[C@@H]2O)CCC1. The molecule has 0 aromatic rings. The van der Waals surface area contributed by atoms with Crippen molar-refractivity contribution in [2.45, 2.75) is 56.2 Å². The normalized spacial score (nSPS) is 34.4. The van der Waals surface area contributed by atoms with Crippen LogP contribution in [0.4, 0.5) is 0 Å². The Labute approximate surface area is 92.8 Å². The maximum atomic E-state index is 9.74. The van der Waals surface area contributed by atoms with Gasteiger partial charge >= 0.3 is 0 Å². The predicted octanol–water partition coefficient (Wildman–Crippen LogP) is 0.974. The van der Waals surface area contributed by atoms with Gasteiger partial charge in [0.25, 0.3) is 0 Å². The summed E-state index contributed by atoms with van der Waals surface area (Å²) in [6.07, 6.45) is 7.15. The molecule has 0 bridgehead atoms. The first kappa shape index (κ1) is 11.4. The smallest absolute Gasteiger partial charge is 0.0693 e. The highest BCUT2D eigenvalue weighted by atomic mass is 16.3. The summed E-state index contributed by atoms with van der Waals surface area (Å²) < 4.78 is 0. The van der Waals surface area contributed by atoms with Crippen LogP contribution in [-0.2, 0) is 0 Å². The number of nitrogens with zero attached hydrogens (tertiary/aromatic N) is 1. The average molecular weight is 212 g/mol. The van der Waals surface area contributed by atoms with Crippen LogP contribution >= 0.6 is 0 Å².